The minimum atomic E-state index is -1.09. The third-order valence-electron chi connectivity index (χ3n) is 3.18. The maximum atomic E-state index is 11.9. The first kappa shape index (κ1) is 14.7. The van der Waals surface area contributed by atoms with E-state index >= 15 is 0 Å². The molecule has 1 aliphatic heterocycles. The van der Waals surface area contributed by atoms with Gasteiger partial charge >= 0.3 is 11.9 Å². The molecular formula is C14H22O4. The summed E-state index contributed by atoms with van der Waals surface area (Å²) in [6.07, 6.45) is 0.688. The third kappa shape index (κ3) is 2.92. The predicted octanol–water partition coefficient (Wildman–Crippen LogP) is 2.63. The van der Waals surface area contributed by atoms with Crippen molar-refractivity contribution in [1.82, 2.24) is 0 Å². The molecule has 0 aromatic heterocycles. The first-order valence-corrected chi connectivity index (χ1v) is 6.10. The number of carboxylic acids is 1. The Morgan fingerprint density at radius 2 is 1.72 bits per heavy atom. The summed E-state index contributed by atoms with van der Waals surface area (Å²) >= 11 is 0. The Labute approximate surface area is 108 Å². The maximum Gasteiger partial charge on any atom is 0.345 e. The zero-order chi connectivity index (χ0) is 14.3. The molecule has 1 heterocycles. The van der Waals surface area contributed by atoms with Crippen LogP contribution in [-0.4, -0.2) is 23.1 Å². The van der Waals surface area contributed by atoms with Crippen LogP contribution in [0.2, 0.25) is 0 Å². The van der Waals surface area contributed by atoms with Gasteiger partial charge in [0.2, 0.25) is 6.10 Å². The van der Waals surface area contributed by atoms with E-state index in [-0.39, 0.29) is 16.7 Å². The van der Waals surface area contributed by atoms with Gasteiger partial charge in [-0.2, -0.15) is 0 Å². The number of aliphatic carboxylic acids is 1. The van der Waals surface area contributed by atoms with Crippen LogP contribution in [0.15, 0.2) is 11.6 Å². The van der Waals surface area contributed by atoms with Crippen LogP contribution in [0.5, 0.6) is 0 Å². The molecule has 0 bridgehead atoms. The number of carboxylic acid groups (broad SMARTS) is 1. The molecular weight excluding hydrogens is 232 g/mol. The first-order valence-electron chi connectivity index (χ1n) is 6.10. The van der Waals surface area contributed by atoms with E-state index in [9.17, 15) is 14.7 Å². The molecule has 2 atom stereocenters. The first-order chi connectivity index (χ1) is 7.94. The molecule has 0 aliphatic carbocycles. The van der Waals surface area contributed by atoms with Crippen molar-refractivity contribution in [2.24, 2.45) is 16.7 Å². The molecule has 102 valence electrons. The van der Waals surface area contributed by atoms with Gasteiger partial charge in [0.05, 0.1) is 0 Å². The molecule has 0 saturated heterocycles. The Hall–Kier alpha value is -1.32. The molecule has 2 unspecified atom stereocenters. The number of cyclic esters (lactones) is 1. The van der Waals surface area contributed by atoms with E-state index in [4.69, 9.17) is 4.74 Å². The lowest BCUT2D eigenvalue weighted by Gasteiger charge is -2.38. The largest absolute Gasteiger partial charge is 0.478 e. The lowest BCUT2D eigenvalue weighted by atomic mass is 9.72. The number of ether oxygens (including phenoxy) is 1. The molecule has 0 spiro atoms. The zero-order valence-electron chi connectivity index (χ0n) is 11.9. The van der Waals surface area contributed by atoms with Gasteiger partial charge in [-0.05, 0) is 10.8 Å². The van der Waals surface area contributed by atoms with E-state index in [1.807, 2.05) is 41.5 Å². The van der Waals surface area contributed by atoms with E-state index in [2.05, 4.69) is 0 Å². The van der Waals surface area contributed by atoms with Crippen LogP contribution in [0.1, 0.15) is 41.5 Å². The second-order valence-electron chi connectivity index (χ2n) is 6.89. The van der Waals surface area contributed by atoms with E-state index in [1.54, 1.807) is 6.08 Å². The van der Waals surface area contributed by atoms with Crippen molar-refractivity contribution in [3.05, 3.63) is 11.6 Å². The number of carbonyl (C=O) groups excluding carboxylic acids is 1. The molecule has 1 rings (SSSR count). The smallest absolute Gasteiger partial charge is 0.345 e. The van der Waals surface area contributed by atoms with Crippen LogP contribution >= 0.6 is 0 Å². The van der Waals surface area contributed by atoms with E-state index < -0.39 is 18.0 Å². The summed E-state index contributed by atoms with van der Waals surface area (Å²) < 4.78 is 5.12. The molecule has 4 nitrogen and oxygen atoms in total. The van der Waals surface area contributed by atoms with Crippen LogP contribution in [0.25, 0.3) is 0 Å². The number of carbonyl (C=O) groups is 2. The minimum Gasteiger partial charge on any atom is -0.478 e. The standard InChI is InChI=1S/C14H22O4/c1-13(2,3)8-7-9(14(4,5)6)12(17)18-10(8)11(15)16/h7-8,10H,1-6H3,(H,15,16). The van der Waals surface area contributed by atoms with Crippen molar-refractivity contribution in [2.75, 3.05) is 0 Å². The highest BCUT2D eigenvalue weighted by molar-refractivity contribution is 5.93. The molecule has 0 radical (unpaired) electrons. The average Bonchev–Trinajstić information content (AvgIpc) is 2.12. The van der Waals surface area contributed by atoms with Crippen molar-refractivity contribution in [3.63, 3.8) is 0 Å². The van der Waals surface area contributed by atoms with Crippen molar-refractivity contribution in [3.8, 4) is 0 Å². The number of hydrogen-bond donors (Lipinski definition) is 1. The summed E-state index contributed by atoms with van der Waals surface area (Å²) in [5, 5.41) is 9.17. The summed E-state index contributed by atoms with van der Waals surface area (Å²) in [6, 6.07) is 0. The highest BCUT2D eigenvalue weighted by Crippen LogP contribution is 2.39. The van der Waals surface area contributed by atoms with Crippen molar-refractivity contribution < 1.29 is 19.4 Å². The number of hydrogen-bond acceptors (Lipinski definition) is 3. The van der Waals surface area contributed by atoms with Gasteiger partial charge in [0.25, 0.3) is 0 Å². The monoisotopic (exact) mass is 254 g/mol. The summed E-state index contributed by atoms with van der Waals surface area (Å²) in [4.78, 5) is 23.1. The lowest BCUT2D eigenvalue weighted by molar-refractivity contribution is -0.169. The van der Waals surface area contributed by atoms with E-state index in [1.165, 1.54) is 0 Å². The van der Waals surface area contributed by atoms with Gasteiger partial charge in [0, 0.05) is 11.5 Å². The maximum absolute atomic E-state index is 11.9. The molecule has 0 aromatic carbocycles. The quantitative estimate of drug-likeness (QED) is 0.731. The van der Waals surface area contributed by atoms with Gasteiger partial charge in [-0.3, -0.25) is 0 Å². The normalized spacial score (nSPS) is 25.4. The fourth-order valence-corrected chi connectivity index (χ4v) is 2.05. The van der Waals surface area contributed by atoms with Gasteiger partial charge in [-0.15, -0.1) is 0 Å². The highest BCUT2D eigenvalue weighted by Gasteiger charge is 2.44. The second kappa shape index (κ2) is 4.41. The third-order valence-corrected chi connectivity index (χ3v) is 3.18. The predicted molar refractivity (Wildman–Crippen MR) is 68.0 cm³/mol. The van der Waals surface area contributed by atoms with Crippen LogP contribution < -0.4 is 0 Å². The van der Waals surface area contributed by atoms with Crippen LogP contribution in [0.4, 0.5) is 0 Å². The average molecular weight is 254 g/mol. The SMILES string of the molecule is CC(C)(C)C1=CC(C(C)(C)C)C(C(=O)O)OC1=O. The Bertz CT molecular complexity index is 393. The molecule has 0 amide bonds. The number of esters is 1. The number of rotatable bonds is 1. The highest BCUT2D eigenvalue weighted by atomic mass is 16.6. The lowest BCUT2D eigenvalue weighted by Crippen LogP contribution is -2.45. The molecule has 0 aromatic rings. The second-order valence-corrected chi connectivity index (χ2v) is 6.89. The molecule has 1 aliphatic rings. The fourth-order valence-electron chi connectivity index (χ4n) is 2.05. The Balaban J connectivity index is 3.27. The molecule has 1 N–H and O–H groups in total. The Morgan fingerprint density at radius 1 is 1.22 bits per heavy atom. The topological polar surface area (TPSA) is 63.6 Å². The fraction of sp³-hybridized carbons (Fsp3) is 0.714. The van der Waals surface area contributed by atoms with Gasteiger partial charge in [-0.1, -0.05) is 47.6 Å². The Kier molecular flexibility index (Phi) is 3.61. The molecule has 4 heteroatoms. The van der Waals surface area contributed by atoms with Gasteiger partial charge in [0.15, 0.2) is 0 Å². The summed E-state index contributed by atoms with van der Waals surface area (Å²) in [5.74, 6) is -1.93. The minimum absolute atomic E-state index is 0.278. The van der Waals surface area contributed by atoms with Gasteiger partial charge in [-0.25, -0.2) is 9.59 Å². The van der Waals surface area contributed by atoms with Gasteiger partial charge in [0.1, 0.15) is 0 Å². The van der Waals surface area contributed by atoms with Gasteiger partial charge < -0.3 is 9.84 Å². The van der Waals surface area contributed by atoms with E-state index in [0.29, 0.717) is 5.57 Å². The van der Waals surface area contributed by atoms with Crippen molar-refractivity contribution in [1.29, 1.82) is 0 Å². The molecule has 0 fully saturated rings. The Morgan fingerprint density at radius 3 is 2.06 bits per heavy atom. The molecule has 18 heavy (non-hydrogen) atoms. The van der Waals surface area contributed by atoms with E-state index in [0.717, 1.165) is 0 Å². The van der Waals surface area contributed by atoms with Crippen molar-refractivity contribution >= 4 is 11.9 Å². The van der Waals surface area contributed by atoms with Crippen LogP contribution in [0.3, 0.4) is 0 Å². The van der Waals surface area contributed by atoms with Crippen LogP contribution in [0, 0.1) is 16.7 Å². The summed E-state index contributed by atoms with van der Waals surface area (Å²) in [6.45, 7) is 11.6. The summed E-state index contributed by atoms with van der Waals surface area (Å²) in [7, 11) is 0. The zero-order valence-corrected chi connectivity index (χ0v) is 11.9. The van der Waals surface area contributed by atoms with Crippen LogP contribution in [-0.2, 0) is 14.3 Å². The molecule has 0 saturated carbocycles. The summed E-state index contributed by atoms with van der Waals surface area (Å²) in [5.41, 5.74) is -0.0652. The van der Waals surface area contributed by atoms with Crippen molar-refractivity contribution in [2.45, 2.75) is 47.6 Å².